The van der Waals surface area contributed by atoms with E-state index in [9.17, 15) is 9.18 Å². The minimum absolute atomic E-state index is 0.0916. The van der Waals surface area contributed by atoms with Gasteiger partial charge >= 0.3 is 11.9 Å². The molecular weight excluding hydrogens is 415 g/mol. The first-order chi connectivity index (χ1) is 15.4. The molecule has 0 atom stereocenters. The monoisotopic (exact) mass is 442 g/mol. The Hall–Kier alpha value is -3.26. The summed E-state index contributed by atoms with van der Waals surface area (Å²) in [4.78, 5) is 34.8. The molecule has 170 valence electrons. The highest BCUT2D eigenvalue weighted by atomic mass is 19.1. The molecule has 2 saturated heterocycles. The number of carboxylic acids is 2. The zero-order valence-corrected chi connectivity index (χ0v) is 17.7. The number of carbonyl (C=O) groups is 3. The maximum absolute atomic E-state index is 13.9. The zero-order chi connectivity index (χ0) is 23.1. The van der Waals surface area contributed by atoms with Gasteiger partial charge in [-0.1, -0.05) is 36.4 Å². The minimum Gasteiger partial charge on any atom is -0.473 e. The smallest absolute Gasteiger partial charge is 0.414 e. The lowest BCUT2D eigenvalue weighted by Gasteiger charge is -2.40. The maximum atomic E-state index is 13.9. The molecule has 7 nitrogen and oxygen atoms in total. The van der Waals surface area contributed by atoms with Gasteiger partial charge in [0.25, 0.3) is 0 Å². The van der Waals surface area contributed by atoms with Crippen molar-refractivity contribution < 1.29 is 29.0 Å². The summed E-state index contributed by atoms with van der Waals surface area (Å²) in [6.07, 6.45) is 3.66. The van der Waals surface area contributed by atoms with Crippen LogP contribution in [0, 0.1) is 5.82 Å². The molecule has 0 saturated carbocycles. The molecule has 1 amide bonds. The second-order valence-corrected chi connectivity index (χ2v) is 7.97. The molecule has 2 aliphatic rings. The van der Waals surface area contributed by atoms with Crippen molar-refractivity contribution in [3.63, 3.8) is 0 Å². The SMILES string of the molecule is O=C(O)C(=O)O.O=C1CCCCN1c1ccccc1CCN1CC(c2ccccc2F)C1. The van der Waals surface area contributed by atoms with Crippen molar-refractivity contribution >= 4 is 23.5 Å². The van der Waals surface area contributed by atoms with Gasteiger partial charge in [0.1, 0.15) is 5.82 Å². The summed E-state index contributed by atoms with van der Waals surface area (Å²) in [5.74, 6) is -3.20. The van der Waals surface area contributed by atoms with Gasteiger partial charge in [0, 0.05) is 44.2 Å². The Labute approximate surface area is 186 Å². The standard InChI is InChI=1S/C22H25FN2O.C2H2O4/c23-20-9-3-2-8-19(20)18-15-24(16-18)14-12-17-7-1-4-10-21(17)25-13-6-5-11-22(25)26;3-1(4)2(5)6/h1-4,7-10,18H,5-6,11-16H2;(H,3,4)(H,5,6). The van der Waals surface area contributed by atoms with E-state index in [2.05, 4.69) is 17.0 Å². The Kier molecular flexibility index (Phi) is 7.94. The third kappa shape index (κ3) is 5.91. The predicted molar refractivity (Wildman–Crippen MR) is 117 cm³/mol. The van der Waals surface area contributed by atoms with E-state index in [1.807, 2.05) is 29.2 Å². The van der Waals surface area contributed by atoms with Crippen molar-refractivity contribution in [1.29, 1.82) is 0 Å². The molecule has 4 rings (SSSR count). The van der Waals surface area contributed by atoms with Crippen molar-refractivity contribution in [3.8, 4) is 0 Å². The van der Waals surface area contributed by atoms with E-state index < -0.39 is 11.9 Å². The van der Waals surface area contributed by atoms with E-state index in [1.54, 1.807) is 12.1 Å². The first kappa shape index (κ1) is 23.4. The van der Waals surface area contributed by atoms with Crippen molar-refractivity contribution in [2.45, 2.75) is 31.6 Å². The first-order valence-corrected chi connectivity index (χ1v) is 10.7. The van der Waals surface area contributed by atoms with Crippen LogP contribution in [0.1, 0.15) is 36.3 Å². The van der Waals surface area contributed by atoms with Crippen molar-refractivity contribution in [2.75, 3.05) is 31.1 Å². The summed E-state index contributed by atoms with van der Waals surface area (Å²) in [6, 6.07) is 15.4. The van der Waals surface area contributed by atoms with Gasteiger partial charge < -0.3 is 20.0 Å². The van der Waals surface area contributed by atoms with Gasteiger partial charge in [-0.2, -0.15) is 0 Å². The van der Waals surface area contributed by atoms with Crippen LogP contribution in [0.5, 0.6) is 0 Å². The van der Waals surface area contributed by atoms with E-state index in [0.29, 0.717) is 12.3 Å². The number of para-hydroxylation sites is 1. The number of benzene rings is 2. The normalized spacial score (nSPS) is 16.7. The molecule has 0 radical (unpaired) electrons. The molecule has 32 heavy (non-hydrogen) atoms. The largest absolute Gasteiger partial charge is 0.473 e. The number of halogens is 1. The second kappa shape index (κ2) is 10.9. The van der Waals surface area contributed by atoms with Crippen LogP contribution in [-0.2, 0) is 20.8 Å². The summed E-state index contributed by atoms with van der Waals surface area (Å²) in [5, 5.41) is 14.8. The molecule has 0 unspecified atom stereocenters. The van der Waals surface area contributed by atoms with Crippen LogP contribution in [0.4, 0.5) is 10.1 Å². The number of rotatable bonds is 5. The Morgan fingerprint density at radius 2 is 1.62 bits per heavy atom. The topological polar surface area (TPSA) is 98.1 Å². The molecule has 0 spiro atoms. The van der Waals surface area contributed by atoms with Gasteiger partial charge in [-0.15, -0.1) is 0 Å². The quantitative estimate of drug-likeness (QED) is 0.691. The minimum atomic E-state index is -1.82. The fraction of sp³-hybridized carbons (Fsp3) is 0.375. The average Bonchev–Trinajstić information content (AvgIpc) is 2.75. The number of amides is 1. The number of likely N-dealkylation sites (tertiary alicyclic amines) is 1. The number of hydrogen-bond acceptors (Lipinski definition) is 4. The summed E-state index contributed by atoms with van der Waals surface area (Å²) < 4.78 is 13.9. The highest BCUT2D eigenvalue weighted by Crippen LogP contribution is 2.30. The third-order valence-electron chi connectivity index (χ3n) is 5.79. The molecule has 2 aromatic rings. The van der Waals surface area contributed by atoms with Gasteiger partial charge in [0.2, 0.25) is 5.91 Å². The summed E-state index contributed by atoms with van der Waals surface area (Å²) in [7, 11) is 0. The van der Waals surface area contributed by atoms with E-state index >= 15 is 0 Å². The number of carbonyl (C=O) groups excluding carboxylic acids is 1. The Morgan fingerprint density at radius 1 is 0.969 bits per heavy atom. The van der Waals surface area contributed by atoms with Crippen LogP contribution < -0.4 is 4.90 Å². The van der Waals surface area contributed by atoms with Crippen LogP contribution in [0.2, 0.25) is 0 Å². The molecule has 2 aromatic carbocycles. The Balaban J connectivity index is 0.000000427. The Bertz CT molecular complexity index is 962. The lowest BCUT2D eigenvalue weighted by molar-refractivity contribution is -0.159. The molecule has 2 N–H and O–H groups in total. The molecule has 0 bridgehead atoms. The number of piperidine rings is 1. The second-order valence-electron chi connectivity index (χ2n) is 7.97. The summed E-state index contributed by atoms with van der Waals surface area (Å²) >= 11 is 0. The predicted octanol–water partition coefficient (Wildman–Crippen LogP) is 3.14. The van der Waals surface area contributed by atoms with Crippen LogP contribution in [0.25, 0.3) is 0 Å². The average molecular weight is 442 g/mol. The Morgan fingerprint density at radius 3 is 2.28 bits per heavy atom. The van der Waals surface area contributed by atoms with E-state index in [4.69, 9.17) is 19.8 Å². The van der Waals surface area contributed by atoms with E-state index in [0.717, 1.165) is 56.7 Å². The maximum Gasteiger partial charge on any atom is 0.414 e. The number of anilines is 1. The molecular formula is C24H27FN2O5. The number of hydrogen-bond donors (Lipinski definition) is 2. The molecule has 2 fully saturated rings. The molecule has 0 aromatic heterocycles. The van der Waals surface area contributed by atoms with E-state index in [1.165, 1.54) is 5.56 Å². The third-order valence-corrected chi connectivity index (χ3v) is 5.79. The molecule has 2 heterocycles. The van der Waals surface area contributed by atoms with Crippen LogP contribution >= 0.6 is 0 Å². The van der Waals surface area contributed by atoms with Crippen LogP contribution in [0.3, 0.4) is 0 Å². The molecule has 2 aliphatic heterocycles. The van der Waals surface area contributed by atoms with E-state index in [-0.39, 0.29) is 11.7 Å². The van der Waals surface area contributed by atoms with Crippen LogP contribution in [-0.4, -0.2) is 59.1 Å². The number of carboxylic acid groups (broad SMARTS) is 2. The zero-order valence-electron chi connectivity index (χ0n) is 17.7. The number of nitrogens with zero attached hydrogens (tertiary/aromatic N) is 2. The molecule has 0 aliphatic carbocycles. The first-order valence-electron chi connectivity index (χ1n) is 10.7. The van der Waals surface area contributed by atoms with Crippen molar-refractivity contribution in [3.05, 3.63) is 65.5 Å². The van der Waals surface area contributed by atoms with Crippen molar-refractivity contribution in [2.24, 2.45) is 0 Å². The van der Waals surface area contributed by atoms with Gasteiger partial charge in [-0.3, -0.25) is 4.79 Å². The van der Waals surface area contributed by atoms with Crippen molar-refractivity contribution in [1.82, 2.24) is 4.90 Å². The highest BCUT2D eigenvalue weighted by Gasteiger charge is 2.29. The lowest BCUT2D eigenvalue weighted by Crippen LogP contribution is -2.46. The lowest BCUT2D eigenvalue weighted by atomic mass is 9.90. The highest BCUT2D eigenvalue weighted by molar-refractivity contribution is 6.27. The van der Waals surface area contributed by atoms with Gasteiger partial charge in [0.15, 0.2) is 0 Å². The van der Waals surface area contributed by atoms with Gasteiger partial charge in [0.05, 0.1) is 0 Å². The molecule has 8 heteroatoms. The fourth-order valence-corrected chi connectivity index (χ4v) is 4.08. The summed E-state index contributed by atoms with van der Waals surface area (Å²) in [6.45, 7) is 3.59. The van der Waals surface area contributed by atoms with Gasteiger partial charge in [-0.05, 0) is 42.5 Å². The number of aliphatic carboxylic acids is 2. The van der Waals surface area contributed by atoms with Gasteiger partial charge in [-0.25, -0.2) is 14.0 Å². The summed E-state index contributed by atoms with van der Waals surface area (Å²) in [5.41, 5.74) is 3.14. The van der Waals surface area contributed by atoms with Crippen LogP contribution in [0.15, 0.2) is 48.5 Å². The fourth-order valence-electron chi connectivity index (χ4n) is 4.08.